The number of carbonyl (C=O) groups excluding carboxylic acids is 1. The first-order valence-electron chi connectivity index (χ1n) is 11.2. The van der Waals surface area contributed by atoms with Crippen LogP contribution in [0.5, 0.6) is 0 Å². The van der Waals surface area contributed by atoms with Crippen LogP contribution in [0.25, 0.3) is 11.1 Å². The molecule has 0 aliphatic heterocycles. The Morgan fingerprint density at radius 2 is 1.73 bits per heavy atom. The molecule has 0 radical (unpaired) electrons. The smallest absolute Gasteiger partial charge is 0.416 e. The Hall–Kier alpha value is -4.33. The van der Waals surface area contributed by atoms with Gasteiger partial charge in [0.05, 0.1) is 11.3 Å². The lowest BCUT2D eigenvalue weighted by molar-refractivity contribution is -0.137. The molecule has 2 atom stereocenters. The number of nitriles is 1. The summed E-state index contributed by atoms with van der Waals surface area (Å²) in [6.45, 7) is -0.250. The number of amides is 1. The third-order valence-corrected chi connectivity index (χ3v) is 6.07. The van der Waals surface area contributed by atoms with Crippen LogP contribution in [0, 0.1) is 23.1 Å². The number of aromatic nitrogens is 2. The molecular formula is C26H22F4N4O3. The molecule has 1 heterocycles. The predicted octanol–water partition coefficient (Wildman–Crippen LogP) is 5.79. The summed E-state index contributed by atoms with van der Waals surface area (Å²) < 4.78 is 52.3. The maximum Gasteiger partial charge on any atom is 0.416 e. The topological polar surface area (TPSA) is 116 Å². The second-order valence-electron chi connectivity index (χ2n) is 8.38. The quantitative estimate of drug-likeness (QED) is 0.337. The highest BCUT2D eigenvalue weighted by Crippen LogP contribution is 2.38. The second kappa shape index (κ2) is 12.1. The molecule has 1 saturated carbocycles. The fourth-order valence-corrected chi connectivity index (χ4v) is 4.24. The first kappa shape index (κ1) is 27.3. The van der Waals surface area contributed by atoms with Crippen molar-refractivity contribution in [3.05, 3.63) is 77.6 Å². The Balaban J connectivity index is 0.00000121. The van der Waals surface area contributed by atoms with Crippen LogP contribution >= 0.6 is 0 Å². The van der Waals surface area contributed by atoms with Crippen molar-refractivity contribution in [1.82, 2.24) is 9.97 Å². The van der Waals surface area contributed by atoms with E-state index in [2.05, 4.69) is 15.3 Å². The third kappa shape index (κ3) is 7.10. The minimum Gasteiger partial charge on any atom is -0.483 e. The van der Waals surface area contributed by atoms with E-state index in [0.717, 1.165) is 41.7 Å². The average Bonchev–Trinajstić information content (AvgIpc) is 2.90. The Bertz CT molecular complexity index is 1270. The van der Waals surface area contributed by atoms with Gasteiger partial charge in [0.1, 0.15) is 11.9 Å². The Morgan fingerprint density at radius 3 is 2.30 bits per heavy atom. The summed E-state index contributed by atoms with van der Waals surface area (Å²) in [7, 11) is 0. The Labute approximate surface area is 209 Å². The van der Waals surface area contributed by atoms with Gasteiger partial charge in [0.15, 0.2) is 0 Å². The van der Waals surface area contributed by atoms with E-state index < -0.39 is 23.5 Å². The monoisotopic (exact) mass is 514 g/mol. The van der Waals surface area contributed by atoms with E-state index in [9.17, 15) is 22.4 Å². The third-order valence-electron chi connectivity index (χ3n) is 6.07. The molecule has 7 nitrogen and oxygen atoms in total. The molecule has 1 aromatic heterocycles. The molecule has 1 aliphatic rings. The van der Waals surface area contributed by atoms with Crippen LogP contribution in [0.15, 0.2) is 54.9 Å². The van der Waals surface area contributed by atoms with E-state index in [0.29, 0.717) is 18.9 Å². The van der Waals surface area contributed by atoms with Crippen molar-refractivity contribution in [2.75, 3.05) is 5.32 Å². The van der Waals surface area contributed by atoms with Gasteiger partial charge in [0.2, 0.25) is 11.7 Å². The first-order valence-corrected chi connectivity index (χ1v) is 11.2. The minimum absolute atomic E-state index is 0.100. The van der Waals surface area contributed by atoms with Gasteiger partial charge in [-0.05, 0) is 54.5 Å². The number of carbonyl (C=O) groups is 2. The number of nitrogens with zero attached hydrogens (tertiary/aromatic N) is 3. The van der Waals surface area contributed by atoms with Crippen molar-refractivity contribution in [2.24, 2.45) is 5.92 Å². The number of benzene rings is 2. The molecule has 192 valence electrons. The lowest BCUT2D eigenvalue weighted by atomic mass is 9.77. The zero-order valence-corrected chi connectivity index (χ0v) is 19.4. The minimum atomic E-state index is -4.65. The largest absolute Gasteiger partial charge is 0.483 e. The SMILES string of the molecule is N#Cc1ncc(-c2ccc(C3CCCC(C(=O)Nc4ccc(C(F)(F)F)cc4F)C3)cc2)cn1.O=CO. The number of nitrogens with one attached hydrogen (secondary N) is 1. The van der Waals surface area contributed by atoms with Crippen LogP contribution in [0.4, 0.5) is 23.2 Å². The zero-order valence-electron chi connectivity index (χ0n) is 19.4. The van der Waals surface area contributed by atoms with E-state index in [1.54, 1.807) is 12.4 Å². The number of alkyl halides is 3. The molecule has 3 aromatic rings. The summed E-state index contributed by atoms with van der Waals surface area (Å²) in [6.07, 6.45) is 1.42. The van der Waals surface area contributed by atoms with E-state index in [4.69, 9.17) is 15.2 Å². The van der Waals surface area contributed by atoms with Gasteiger partial charge in [-0.25, -0.2) is 14.4 Å². The fourth-order valence-electron chi connectivity index (χ4n) is 4.24. The number of anilines is 1. The van der Waals surface area contributed by atoms with E-state index >= 15 is 0 Å². The summed E-state index contributed by atoms with van der Waals surface area (Å²) in [4.78, 5) is 29.0. The van der Waals surface area contributed by atoms with Crippen LogP contribution in [0.1, 0.15) is 48.6 Å². The second-order valence-corrected chi connectivity index (χ2v) is 8.38. The molecule has 0 spiro atoms. The van der Waals surface area contributed by atoms with Gasteiger partial charge < -0.3 is 10.4 Å². The van der Waals surface area contributed by atoms with Crippen molar-refractivity contribution in [2.45, 2.75) is 37.8 Å². The molecule has 2 N–H and O–H groups in total. The molecule has 1 fully saturated rings. The van der Waals surface area contributed by atoms with Crippen LogP contribution in [0.3, 0.4) is 0 Å². The van der Waals surface area contributed by atoms with Crippen molar-refractivity contribution in [1.29, 1.82) is 5.26 Å². The van der Waals surface area contributed by atoms with Gasteiger partial charge in [-0.3, -0.25) is 9.59 Å². The van der Waals surface area contributed by atoms with Gasteiger partial charge in [-0.15, -0.1) is 0 Å². The molecule has 1 amide bonds. The van der Waals surface area contributed by atoms with Crippen LogP contribution in [-0.4, -0.2) is 27.5 Å². The fraction of sp³-hybridized carbons (Fsp3) is 0.269. The van der Waals surface area contributed by atoms with Gasteiger partial charge in [0, 0.05) is 23.9 Å². The standard InChI is InChI=1S/C25H20F4N4O.CH2O2/c26-21-11-20(25(27,28)29)8-9-22(21)33-24(34)18-3-1-2-17(10-18)15-4-6-16(7-5-15)19-13-31-23(12-30)32-14-19;2-1-3/h4-9,11,13-14,17-18H,1-3,10H2,(H,33,34);1H,(H,2,3). The number of hydrogen-bond donors (Lipinski definition) is 2. The summed E-state index contributed by atoms with van der Waals surface area (Å²) in [5.41, 5.74) is 1.39. The van der Waals surface area contributed by atoms with E-state index in [-0.39, 0.29) is 29.8 Å². The van der Waals surface area contributed by atoms with E-state index in [1.165, 1.54) is 0 Å². The summed E-state index contributed by atoms with van der Waals surface area (Å²) >= 11 is 0. The lowest BCUT2D eigenvalue weighted by Gasteiger charge is -2.29. The number of halogens is 4. The summed E-state index contributed by atoms with van der Waals surface area (Å²) in [6, 6.07) is 11.8. The molecule has 4 rings (SSSR count). The maximum absolute atomic E-state index is 14.1. The summed E-state index contributed by atoms with van der Waals surface area (Å²) in [5.74, 6) is -1.64. The van der Waals surface area contributed by atoms with Crippen molar-refractivity contribution in [3.8, 4) is 17.2 Å². The van der Waals surface area contributed by atoms with Crippen LogP contribution < -0.4 is 5.32 Å². The van der Waals surface area contributed by atoms with E-state index in [1.807, 2.05) is 30.3 Å². The summed E-state index contributed by atoms with van der Waals surface area (Å²) in [5, 5.41) is 18.2. The van der Waals surface area contributed by atoms with Crippen LogP contribution in [-0.2, 0) is 15.8 Å². The Morgan fingerprint density at radius 1 is 1.08 bits per heavy atom. The van der Waals surface area contributed by atoms with Crippen molar-refractivity contribution < 1.29 is 32.3 Å². The van der Waals surface area contributed by atoms with Gasteiger partial charge in [0.25, 0.3) is 6.47 Å². The number of hydrogen-bond acceptors (Lipinski definition) is 5. The van der Waals surface area contributed by atoms with Gasteiger partial charge in [-0.2, -0.15) is 18.4 Å². The molecule has 11 heteroatoms. The highest BCUT2D eigenvalue weighted by Gasteiger charge is 2.32. The number of carboxylic acid groups (broad SMARTS) is 1. The highest BCUT2D eigenvalue weighted by atomic mass is 19.4. The average molecular weight is 514 g/mol. The first-order chi connectivity index (χ1) is 17.7. The van der Waals surface area contributed by atoms with Crippen LogP contribution in [0.2, 0.25) is 0 Å². The lowest BCUT2D eigenvalue weighted by Crippen LogP contribution is -2.28. The van der Waals surface area contributed by atoms with Gasteiger partial charge >= 0.3 is 6.18 Å². The number of rotatable bonds is 4. The van der Waals surface area contributed by atoms with Crippen molar-refractivity contribution in [3.63, 3.8) is 0 Å². The molecule has 37 heavy (non-hydrogen) atoms. The van der Waals surface area contributed by atoms with Crippen molar-refractivity contribution >= 4 is 18.1 Å². The normalized spacial score (nSPS) is 17.1. The molecule has 0 saturated heterocycles. The molecule has 0 bridgehead atoms. The molecule has 2 unspecified atom stereocenters. The maximum atomic E-state index is 14.1. The molecular weight excluding hydrogens is 492 g/mol. The van der Waals surface area contributed by atoms with Gasteiger partial charge in [-0.1, -0.05) is 30.7 Å². The zero-order chi connectivity index (χ0) is 27.0. The Kier molecular flexibility index (Phi) is 8.90. The molecule has 2 aromatic carbocycles. The predicted molar refractivity (Wildman–Crippen MR) is 126 cm³/mol. The highest BCUT2D eigenvalue weighted by molar-refractivity contribution is 5.92. The molecule has 1 aliphatic carbocycles.